The number of nitrogens with two attached hydrogens (primary N) is 1. The Labute approximate surface area is 77.5 Å². The highest BCUT2D eigenvalue weighted by Crippen LogP contribution is 1.95. The van der Waals surface area contributed by atoms with Crippen LogP contribution in [0.25, 0.3) is 0 Å². The molecule has 0 radical (unpaired) electrons. The van der Waals surface area contributed by atoms with Crippen molar-refractivity contribution in [3.8, 4) is 0 Å². The molecule has 0 saturated carbocycles. The third kappa shape index (κ3) is 8.13. The minimum Gasteiger partial charge on any atom is -0.481 e. The highest BCUT2D eigenvalue weighted by atomic mass is 16.4. The Bertz CT molecular complexity index is 257. The zero-order chi connectivity index (χ0) is 10.1. The molecule has 0 amide bonds. The van der Waals surface area contributed by atoms with E-state index in [0.29, 0.717) is 0 Å². The van der Waals surface area contributed by atoms with E-state index in [-0.39, 0.29) is 6.42 Å². The van der Waals surface area contributed by atoms with Gasteiger partial charge in [-0.3, -0.25) is 4.79 Å². The van der Waals surface area contributed by atoms with Gasteiger partial charge in [-0.25, -0.2) is 0 Å². The number of anilines is 1. The number of carbonyl (C=O) groups is 1. The van der Waals surface area contributed by atoms with Crippen molar-refractivity contribution in [3.63, 3.8) is 0 Å². The van der Waals surface area contributed by atoms with Crippen molar-refractivity contribution in [2.24, 2.45) is 0 Å². The van der Waals surface area contributed by atoms with Crippen LogP contribution < -0.4 is 5.73 Å². The molecule has 0 bridgehead atoms. The number of rotatable bonds is 2. The number of benzene rings is 1. The maximum absolute atomic E-state index is 9.53. The molecule has 1 aromatic carbocycles. The molecule has 0 fully saturated rings. The van der Waals surface area contributed by atoms with Gasteiger partial charge < -0.3 is 10.8 Å². The lowest BCUT2D eigenvalue weighted by atomic mass is 10.3. The molecule has 3 heteroatoms. The minimum absolute atomic E-state index is 0.0556. The average molecular weight is 179 g/mol. The van der Waals surface area contributed by atoms with Gasteiger partial charge >= 0.3 is 5.97 Å². The second-order valence-corrected chi connectivity index (χ2v) is 2.30. The van der Waals surface area contributed by atoms with Crippen LogP contribution in [0, 0.1) is 0 Å². The standard InChI is InChI=1S/C6H7N.C4H6O2/c7-6-4-2-1-3-5-6;1-2-3-4(5)6/h1-5H,7H2;2H,1,3H2,(H,5,6). The Kier molecular flexibility index (Phi) is 5.97. The van der Waals surface area contributed by atoms with Gasteiger partial charge in [0.1, 0.15) is 0 Å². The summed E-state index contributed by atoms with van der Waals surface area (Å²) >= 11 is 0. The molecule has 0 saturated heterocycles. The Hall–Kier alpha value is -1.77. The maximum atomic E-state index is 9.53. The van der Waals surface area contributed by atoms with Gasteiger partial charge in [0.2, 0.25) is 0 Å². The number of nitrogen functional groups attached to an aromatic ring is 1. The number of para-hydroxylation sites is 1. The summed E-state index contributed by atoms with van der Waals surface area (Å²) in [6.45, 7) is 3.22. The van der Waals surface area contributed by atoms with Crippen LogP contribution in [-0.2, 0) is 4.79 Å². The molecule has 0 aliphatic carbocycles. The molecule has 0 heterocycles. The molecule has 0 spiro atoms. The number of carboxylic acid groups (broad SMARTS) is 1. The average Bonchev–Trinajstić information content (AvgIpc) is 2.06. The molecule has 1 aromatic rings. The van der Waals surface area contributed by atoms with Crippen LogP contribution in [-0.4, -0.2) is 11.1 Å². The second-order valence-electron chi connectivity index (χ2n) is 2.30. The molecular formula is C10H13NO2. The third-order valence-electron chi connectivity index (χ3n) is 1.12. The maximum Gasteiger partial charge on any atom is 0.307 e. The third-order valence-corrected chi connectivity index (χ3v) is 1.12. The summed E-state index contributed by atoms with van der Waals surface area (Å²) in [5.74, 6) is -0.829. The van der Waals surface area contributed by atoms with Crippen LogP contribution in [0.1, 0.15) is 6.42 Å². The van der Waals surface area contributed by atoms with E-state index in [1.165, 1.54) is 6.08 Å². The first kappa shape index (κ1) is 11.2. The highest BCUT2D eigenvalue weighted by Gasteiger charge is 1.84. The fraction of sp³-hybridized carbons (Fsp3) is 0.100. The van der Waals surface area contributed by atoms with Gasteiger partial charge in [-0.05, 0) is 12.1 Å². The molecule has 0 aromatic heterocycles. The van der Waals surface area contributed by atoms with E-state index in [4.69, 9.17) is 10.8 Å². The first-order valence-corrected chi connectivity index (χ1v) is 3.80. The van der Waals surface area contributed by atoms with E-state index in [0.717, 1.165) is 5.69 Å². The minimum atomic E-state index is -0.829. The van der Waals surface area contributed by atoms with Gasteiger partial charge in [-0.15, -0.1) is 6.58 Å². The predicted octanol–water partition coefficient (Wildman–Crippen LogP) is 1.92. The quantitative estimate of drug-likeness (QED) is 0.538. The Balaban J connectivity index is 0.000000226. The molecule has 13 heavy (non-hydrogen) atoms. The monoisotopic (exact) mass is 179 g/mol. The van der Waals surface area contributed by atoms with E-state index in [9.17, 15) is 4.79 Å². The SMILES string of the molecule is C=CCC(=O)O.Nc1ccccc1. The first-order valence-electron chi connectivity index (χ1n) is 3.80. The summed E-state index contributed by atoms with van der Waals surface area (Å²) in [6.07, 6.45) is 1.41. The van der Waals surface area contributed by atoms with Crippen molar-refractivity contribution in [2.45, 2.75) is 6.42 Å². The molecule has 3 N–H and O–H groups in total. The van der Waals surface area contributed by atoms with Crippen molar-refractivity contribution >= 4 is 11.7 Å². The van der Waals surface area contributed by atoms with Crippen LogP contribution in [0.15, 0.2) is 43.0 Å². The normalized spacial score (nSPS) is 8.00. The van der Waals surface area contributed by atoms with Crippen LogP contribution in [0.3, 0.4) is 0 Å². The van der Waals surface area contributed by atoms with E-state index in [1.54, 1.807) is 0 Å². The molecule has 0 unspecified atom stereocenters. The van der Waals surface area contributed by atoms with Crippen molar-refractivity contribution in [1.29, 1.82) is 0 Å². The molecule has 0 aliphatic rings. The van der Waals surface area contributed by atoms with E-state index < -0.39 is 5.97 Å². The van der Waals surface area contributed by atoms with Crippen LogP contribution >= 0.6 is 0 Å². The lowest BCUT2D eigenvalue weighted by Crippen LogP contribution is -1.88. The van der Waals surface area contributed by atoms with Crippen molar-refractivity contribution in [1.82, 2.24) is 0 Å². The fourth-order valence-electron chi connectivity index (χ4n) is 0.577. The largest absolute Gasteiger partial charge is 0.481 e. The topological polar surface area (TPSA) is 63.3 Å². The molecular weight excluding hydrogens is 166 g/mol. The van der Waals surface area contributed by atoms with Crippen molar-refractivity contribution in [2.75, 3.05) is 5.73 Å². The van der Waals surface area contributed by atoms with Gasteiger partial charge in [-0.2, -0.15) is 0 Å². The van der Waals surface area contributed by atoms with E-state index in [1.807, 2.05) is 30.3 Å². The lowest BCUT2D eigenvalue weighted by Gasteiger charge is -1.83. The summed E-state index contributed by atoms with van der Waals surface area (Å²) in [4.78, 5) is 9.53. The zero-order valence-corrected chi connectivity index (χ0v) is 7.31. The van der Waals surface area contributed by atoms with Crippen LogP contribution in [0.5, 0.6) is 0 Å². The van der Waals surface area contributed by atoms with Gasteiger partial charge in [0.25, 0.3) is 0 Å². The Morgan fingerprint density at radius 1 is 1.46 bits per heavy atom. The van der Waals surface area contributed by atoms with Crippen LogP contribution in [0.2, 0.25) is 0 Å². The van der Waals surface area contributed by atoms with Crippen molar-refractivity contribution in [3.05, 3.63) is 43.0 Å². The second kappa shape index (κ2) is 6.91. The van der Waals surface area contributed by atoms with Gasteiger partial charge in [-0.1, -0.05) is 24.3 Å². The number of hydrogen-bond acceptors (Lipinski definition) is 2. The summed E-state index contributed by atoms with van der Waals surface area (Å²) in [5.41, 5.74) is 6.18. The van der Waals surface area contributed by atoms with Gasteiger partial charge in [0, 0.05) is 5.69 Å². The van der Waals surface area contributed by atoms with Gasteiger partial charge in [0.15, 0.2) is 0 Å². The summed E-state index contributed by atoms with van der Waals surface area (Å²) in [5, 5.41) is 7.84. The molecule has 0 aliphatic heterocycles. The van der Waals surface area contributed by atoms with E-state index >= 15 is 0 Å². The molecule has 70 valence electrons. The first-order chi connectivity index (χ1) is 6.16. The Morgan fingerprint density at radius 3 is 2.15 bits per heavy atom. The van der Waals surface area contributed by atoms with Crippen molar-refractivity contribution < 1.29 is 9.90 Å². The lowest BCUT2D eigenvalue weighted by molar-refractivity contribution is -0.135. The fourth-order valence-corrected chi connectivity index (χ4v) is 0.577. The number of carboxylic acids is 1. The summed E-state index contributed by atoms with van der Waals surface area (Å²) in [6, 6.07) is 9.49. The van der Waals surface area contributed by atoms with E-state index in [2.05, 4.69) is 6.58 Å². The van der Waals surface area contributed by atoms with Gasteiger partial charge in [0.05, 0.1) is 6.42 Å². The van der Waals surface area contributed by atoms with Crippen LogP contribution in [0.4, 0.5) is 5.69 Å². The summed E-state index contributed by atoms with van der Waals surface area (Å²) < 4.78 is 0. The smallest absolute Gasteiger partial charge is 0.307 e. The Morgan fingerprint density at radius 2 is 2.00 bits per heavy atom. The summed E-state index contributed by atoms with van der Waals surface area (Å²) in [7, 11) is 0. The number of hydrogen-bond donors (Lipinski definition) is 2. The molecule has 3 nitrogen and oxygen atoms in total. The molecule has 1 rings (SSSR count). The molecule has 0 atom stereocenters. The predicted molar refractivity (Wildman–Crippen MR) is 53.3 cm³/mol. The highest BCUT2D eigenvalue weighted by molar-refractivity contribution is 5.68. The zero-order valence-electron chi connectivity index (χ0n) is 7.31. The number of aliphatic carboxylic acids is 1.